The van der Waals surface area contributed by atoms with Gasteiger partial charge in [0.15, 0.2) is 0 Å². The number of carbonyl (C=O) groups excluding carboxylic acids is 1. The largest absolute Gasteiger partial charge is 0.497 e. The first-order valence-electron chi connectivity index (χ1n) is 10.2. The molecule has 1 amide bonds. The summed E-state index contributed by atoms with van der Waals surface area (Å²) in [6.07, 6.45) is 1.40. The molecule has 8 heteroatoms. The standard InChI is InChI=1S/C25H23N3O4S/c1-15-6-4-9-19(10-15)33(30,31)20-11-16(2)23-21(13-20)24(22(14-27-23)25(26)29)28-17-7-5-8-18(12-17)32-3/h4-14H,1-3H3,(H2,26,29)(H,27,28). The average Bonchev–Trinajstić information content (AvgIpc) is 2.79. The molecule has 1 heterocycles. The van der Waals surface area contributed by atoms with Gasteiger partial charge < -0.3 is 15.8 Å². The van der Waals surface area contributed by atoms with Crippen molar-refractivity contribution in [3.8, 4) is 5.75 Å². The number of primary amides is 1. The van der Waals surface area contributed by atoms with Crippen LogP contribution in [0, 0.1) is 13.8 Å². The number of nitrogens with zero attached hydrogens (tertiary/aromatic N) is 1. The number of pyridine rings is 1. The maximum Gasteiger partial charge on any atom is 0.252 e. The fourth-order valence-corrected chi connectivity index (χ4v) is 5.16. The molecular formula is C25H23N3O4S. The van der Waals surface area contributed by atoms with Crippen LogP contribution in [0.5, 0.6) is 5.75 Å². The number of rotatable bonds is 6. The van der Waals surface area contributed by atoms with Crippen molar-refractivity contribution in [1.82, 2.24) is 4.98 Å². The Hall–Kier alpha value is -3.91. The first-order chi connectivity index (χ1) is 15.7. The van der Waals surface area contributed by atoms with Crippen LogP contribution in [0.4, 0.5) is 11.4 Å². The SMILES string of the molecule is COc1cccc(Nc2c(C(N)=O)cnc3c(C)cc(S(=O)(=O)c4cccc(C)c4)cc23)c1. The highest BCUT2D eigenvalue weighted by molar-refractivity contribution is 7.91. The lowest BCUT2D eigenvalue weighted by Gasteiger charge is -2.16. The summed E-state index contributed by atoms with van der Waals surface area (Å²) < 4.78 is 32.1. The van der Waals surface area contributed by atoms with Gasteiger partial charge in [-0.05, 0) is 61.4 Å². The maximum absolute atomic E-state index is 13.4. The number of anilines is 2. The Bertz CT molecular complexity index is 1500. The van der Waals surface area contributed by atoms with Gasteiger partial charge in [0.1, 0.15) is 5.75 Å². The quantitative estimate of drug-likeness (QED) is 0.436. The Morgan fingerprint density at radius 1 is 1.00 bits per heavy atom. The number of fused-ring (bicyclic) bond motifs is 1. The highest BCUT2D eigenvalue weighted by Crippen LogP contribution is 2.34. The maximum atomic E-state index is 13.4. The zero-order chi connectivity index (χ0) is 23.8. The van der Waals surface area contributed by atoms with Crippen molar-refractivity contribution in [3.05, 3.63) is 83.6 Å². The second kappa shape index (κ2) is 8.55. The Labute approximate surface area is 192 Å². The number of methoxy groups -OCH3 is 1. The zero-order valence-corrected chi connectivity index (χ0v) is 19.2. The van der Waals surface area contributed by atoms with E-state index < -0.39 is 15.7 Å². The lowest BCUT2D eigenvalue weighted by Crippen LogP contribution is -2.14. The van der Waals surface area contributed by atoms with E-state index in [4.69, 9.17) is 10.5 Å². The molecule has 168 valence electrons. The lowest BCUT2D eigenvalue weighted by atomic mass is 10.1. The molecule has 0 saturated carbocycles. The number of ether oxygens (including phenoxy) is 1. The molecule has 0 radical (unpaired) electrons. The number of carbonyl (C=O) groups is 1. The van der Waals surface area contributed by atoms with Crippen LogP contribution in [-0.4, -0.2) is 26.4 Å². The van der Waals surface area contributed by atoms with E-state index >= 15 is 0 Å². The Kier molecular flexibility index (Phi) is 5.78. The molecule has 3 N–H and O–H groups in total. The van der Waals surface area contributed by atoms with Gasteiger partial charge in [-0.3, -0.25) is 9.78 Å². The predicted molar refractivity (Wildman–Crippen MR) is 128 cm³/mol. The predicted octanol–water partition coefficient (Wildman–Crippen LogP) is 4.54. The van der Waals surface area contributed by atoms with Crippen LogP contribution >= 0.6 is 0 Å². The summed E-state index contributed by atoms with van der Waals surface area (Å²) in [5.41, 5.74) is 8.86. The molecule has 0 bridgehead atoms. The molecule has 0 atom stereocenters. The topological polar surface area (TPSA) is 111 Å². The number of benzene rings is 3. The van der Waals surface area contributed by atoms with Gasteiger partial charge in [0.25, 0.3) is 5.91 Å². The molecule has 33 heavy (non-hydrogen) atoms. The summed E-state index contributed by atoms with van der Waals surface area (Å²) in [6, 6.07) is 17.0. The molecule has 3 aromatic carbocycles. The minimum absolute atomic E-state index is 0.107. The first-order valence-corrected chi connectivity index (χ1v) is 11.6. The first kappa shape index (κ1) is 22.3. The van der Waals surface area contributed by atoms with Crippen molar-refractivity contribution in [2.75, 3.05) is 12.4 Å². The molecule has 0 aliphatic heterocycles. The Morgan fingerprint density at radius 3 is 2.45 bits per heavy atom. The van der Waals surface area contributed by atoms with E-state index in [1.807, 2.05) is 13.0 Å². The van der Waals surface area contributed by atoms with Crippen molar-refractivity contribution < 1.29 is 17.9 Å². The molecule has 4 aromatic rings. The summed E-state index contributed by atoms with van der Waals surface area (Å²) in [4.78, 5) is 16.9. The van der Waals surface area contributed by atoms with Crippen molar-refractivity contribution in [3.63, 3.8) is 0 Å². The second-order valence-corrected chi connectivity index (χ2v) is 9.67. The van der Waals surface area contributed by atoms with Crippen molar-refractivity contribution >= 4 is 38.0 Å². The lowest BCUT2D eigenvalue weighted by molar-refractivity contribution is 0.100. The molecular weight excluding hydrogens is 438 g/mol. The number of aromatic nitrogens is 1. The van der Waals surface area contributed by atoms with Crippen LogP contribution in [0.25, 0.3) is 10.9 Å². The third kappa shape index (κ3) is 4.25. The Morgan fingerprint density at radius 2 is 1.76 bits per heavy atom. The van der Waals surface area contributed by atoms with Gasteiger partial charge >= 0.3 is 0 Å². The Balaban J connectivity index is 1.96. The van der Waals surface area contributed by atoms with E-state index in [2.05, 4.69) is 10.3 Å². The van der Waals surface area contributed by atoms with Gasteiger partial charge in [0, 0.05) is 23.3 Å². The second-order valence-electron chi connectivity index (χ2n) is 7.72. The van der Waals surface area contributed by atoms with Crippen LogP contribution in [0.1, 0.15) is 21.5 Å². The fourth-order valence-electron chi connectivity index (χ4n) is 3.69. The van der Waals surface area contributed by atoms with Gasteiger partial charge in [-0.15, -0.1) is 0 Å². The molecule has 0 saturated heterocycles. The van der Waals surface area contributed by atoms with E-state index in [-0.39, 0.29) is 15.4 Å². The molecule has 0 unspecified atom stereocenters. The van der Waals surface area contributed by atoms with Crippen LogP contribution in [0.15, 0.2) is 76.7 Å². The van der Waals surface area contributed by atoms with Crippen molar-refractivity contribution in [2.45, 2.75) is 23.6 Å². The third-order valence-electron chi connectivity index (χ3n) is 5.35. The minimum atomic E-state index is -3.80. The smallest absolute Gasteiger partial charge is 0.252 e. The van der Waals surface area contributed by atoms with Crippen molar-refractivity contribution in [1.29, 1.82) is 0 Å². The monoisotopic (exact) mass is 461 g/mol. The molecule has 1 aromatic heterocycles. The normalized spacial score (nSPS) is 11.4. The molecule has 0 aliphatic carbocycles. The summed E-state index contributed by atoms with van der Waals surface area (Å²) >= 11 is 0. The van der Waals surface area contributed by atoms with Gasteiger partial charge in [0.2, 0.25) is 9.84 Å². The van der Waals surface area contributed by atoms with Crippen LogP contribution in [-0.2, 0) is 9.84 Å². The van der Waals surface area contributed by atoms with E-state index in [0.717, 1.165) is 5.56 Å². The van der Waals surface area contributed by atoms with Crippen molar-refractivity contribution in [2.24, 2.45) is 5.73 Å². The summed E-state index contributed by atoms with van der Waals surface area (Å²) in [6.45, 7) is 3.62. The number of sulfone groups is 1. The van der Waals surface area contributed by atoms with Crippen LogP contribution in [0.3, 0.4) is 0 Å². The highest BCUT2D eigenvalue weighted by Gasteiger charge is 2.22. The number of aryl methyl sites for hydroxylation is 2. The van der Waals surface area contributed by atoms with E-state index in [9.17, 15) is 13.2 Å². The zero-order valence-electron chi connectivity index (χ0n) is 18.4. The number of hydrogen-bond donors (Lipinski definition) is 2. The average molecular weight is 462 g/mol. The van der Waals surface area contributed by atoms with Crippen LogP contribution < -0.4 is 15.8 Å². The fraction of sp³-hybridized carbons (Fsp3) is 0.120. The summed E-state index contributed by atoms with van der Waals surface area (Å²) in [5, 5.41) is 3.68. The molecule has 0 fully saturated rings. The van der Waals surface area contributed by atoms with E-state index in [1.165, 1.54) is 12.3 Å². The van der Waals surface area contributed by atoms with Gasteiger partial charge in [-0.1, -0.05) is 18.2 Å². The molecule has 0 spiro atoms. The number of amides is 1. The highest BCUT2D eigenvalue weighted by atomic mass is 32.2. The van der Waals surface area contributed by atoms with Gasteiger partial charge in [-0.2, -0.15) is 0 Å². The van der Waals surface area contributed by atoms with Gasteiger partial charge in [-0.25, -0.2) is 8.42 Å². The van der Waals surface area contributed by atoms with Crippen LogP contribution in [0.2, 0.25) is 0 Å². The number of nitrogens with two attached hydrogens (primary N) is 1. The number of nitrogens with one attached hydrogen (secondary N) is 1. The van der Waals surface area contributed by atoms with E-state index in [1.54, 1.807) is 62.6 Å². The minimum Gasteiger partial charge on any atom is -0.497 e. The molecule has 0 aliphatic rings. The number of hydrogen-bond acceptors (Lipinski definition) is 6. The molecule has 4 rings (SSSR count). The van der Waals surface area contributed by atoms with Gasteiger partial charge in [0.05, 0.1) is 33.7 Å². The summed E-state index contributed by atoms with van der Waals surface area (Å²) in [7, 11) is -2.24. The third-order valence-corrected chi connectivity index (χ3v) is 7.08. The summed E-state index contributed by atoms with van der Waals surface area (Å²) in [5.74, 6) is -0.0581. The molecule has 7 nitrogen and oxygen atoms in total. The van der Waals surface area contributed by atoms with E-state index in [0.29, 0.717) is 33.6 Å².